The zero-order valence-electron chi connectivity index (χ0n) is 13.7. The van der Waals surface area contributed by atoms with Crippen LogP contribution in [0.4, 0.5) is 0 Å². The Balaban J connectivity index is 0.00000208. The molecule has 1 aromatic heterocycles. The predicted molar refractivity (Wildman–Crippen MR) is 96.8 cm³/mol. The number of aromatic nitrogens is 2. The van der Waals surface area contributed by atoms with Crippen LogP contribution >= 0.6 is 12.4 Å². The summed E-state index contributed by atoms with van der Waals surface area (Å²) in [6, 6.07) is 10.2. The second-order valence-corrected chi connectivity index (χ2v) is 6.27. The predicted octanol–water partition coefficient (Wildman–Crippen LogP) is 2.34. The van der Waals surface area contributed by atoms with Gasteiger partial charge in [0, 0.05) is 24.9 Å². The van der Waals surface area contributed by atoms with Crippen LogP contribution in [-0.2, 0) is 17.9 Å². The lowest BCUT2D eigenvalue weighted by atomic mass is 9.95. The summed E-state index contributed by atoms with van der Waals surface area (Å²) in [7, 11) is 0. The quantitative estimate of drug-likeness (QED) is 0.841. The van der Waals surface area contributed by atoms with Crippen molar-refractivity contribution in [2.24, 2.45) is 17.6 Å². The fraction of sp³-hybridized carbons (Fsp3) is 0.444. The number of amides is 1. The van der Waals surface area contributed by atoms with Crippen molar-refractivity contribution in [2.45, 2.75) is 32.4 Å². The van der Waals surface area contributed by atoms with Gasteiger partial charge in [-0.25, -0.2) is 0 Å². The number of halogens is 1. The molecule has 1 saturated carbocycles. The smallest absolute Gasteiger partial charge is 0.223 e. The first kappa shape index (κ1) is 18.5. The van der Waals surface area contributed by atoms with Crippen LogP contribution in [0.15, 0.2) is 42.7 Å². The molecule has 1 aromatic carbocycles. The summed E-state index contributed by atoms with van der Waals surface area (Å²) in [4.78, 5) is 12.3. The highest BCUT2D eigenvalue weighted by molar-refractivity contribution is 5.85. The minimum Gasteiger partial charge on any atom is -0.352 e. The van der Waals surface area contributed by atoms with E-state index in [1.807, 2.05) is 16.9 Å². The minimum atomic E-state index is 0. The van der Waals surface area contributed by atoms with Gasteiger partial charge in [0.1, 0.15) is 0 Å². The molecule has 24 heavy (non-hydrogen) atoms. The molecule has 1 aliphatic rings. The van der Waals surface area contributed by atoms with E-state index in [4.69, 9.17) is 5.73 Å². The molecule has 0 radical (unpaired) electrons. The van der Waals surface area contributed by atoms with Crippen LogP contribution < -0.4 is 11.1 Å². The molecule has 2 aromatic rings. The first-order valence-electron chi connectivity index (χ1n) is 8.29. The SMILES string of the molecule is Cl.NC[C@H]1CCC[C@H]1C(=O)NCc1ccc(Cn2cccn2)cc1. The Kier molecular flexibility index (Phi) is 6.82. The summed E-state index contributed by atoms with van der Waals surface area (Å²) in [5, 5.41) is 7.26. The van der Waals surface area contributed by atoms with Crippen LogP contribution in [0.25, 0.3) is 0 Å². The number of carbonyl (C=O) groups excluding carboxylic acids is 1. The van der Waals surface area contributed by atoms with Gasteiger partial charge in [-0.05, 0) is 42.5 Å². The molecule has 0 spiro atoms. The maximum absolute atomic E-state index is 12.3. The fourth-order valence-electron chi connectivity index (χ4n) is 3.33. The van der Waals surface area contributed by atoms with Crippen molar-refractivity contribution in [3.63, 3.8) is 0 Å². The van der Waals surface area contributed by atoms with Gasteiger partial charge in [0.2, 0.25) is 5.91 Å². The number of nitrogens with one attached hydrogen (secondary N) is 1. The molecule has 0 bridgehead atoms. The Labute approximate surface area is 149 Å². The van der Waals surface area contributed by atoms with Crippen LogP contribution in [0, 0.1) is 11.8 Å². The maximum atomic E-state index is 12.3. The van der Waals surface area contributed by atoms with E-state index < -0.39 is 0 Å². The molecule has 130 valence electrons. The lowest BCUT2D eigenvalue weighted by molar-refractivity contribution is -0.126. The van der Waals surface area contributed by atoms with Gasteiger partial charge in [-0.3, -0.25) is 9.48 Å². The van der Waals surface area contributed by atoms with E-state index in [9.17, 15) is 4.79 Å². The maximum Gasteiger partial charge on any atom is 0.223 e. The first-order valence-corrected chi connectivity index (χ1v) is 8.29. The number of hydrogen-bond acceptors (Lipinski definition) is 3. The molecule has 5 nitrogen and oxygen atoms in total. The average Bonchev–Trinajstić information content (AvgIpc) is 3.25. The van der Waals surface area contributed by atoms with Crippen LogP contribution in [0.3, 0.4) is 0 Å². The molecule has 1 fully saturated rings. The third kappa shape index (κ3) is 4.58. The topological polar surface area (TPSA) is 72.9 Å². The standard InChI is InChI=1S/C18H24N4O.ClH/c19-11-16-3-1-4-17(16)18(23)20-12-14-5-7-15(8-6-14)13-22-10-2-9-21-22;/h2,5-10,16-17H,1,3-4,11-13,19H2,(H,20,23);1H/t16-,17-;/m1./s1. The number of benzene rings is 1. The largest absolute Gasteiger partial charge is 0.352 e. The Morgan fingerprint density at radius 1 is 1.25 bits per heavy atom. The molecule has 3 rings (SSSR count). The molecule has 0 unspecified atom stereocenters. The van der Waals surface area contributed by atoms with E-state index in [1.165, 1.54) is 5.56 Å². The van der Waals surface area contributed by atoms with Gasteiger partial charge in [0.15, 0.2) is 0 Å². The second-order valence-electron chi connectivity index (χ2n) is 6.27. The second kappa shape index (κ2) is 8.85. The highest BCUT2D eigenvalue weighted by Gasteiger charge is 2.31. The van der Waals surface area contributed by atoms with E-state index in [1.54, 1.807) is 6.20 Å². The fourth-order valence-corrected chi connectivity index (χ4v) is 3.33. The number of rotatable bonds is 6. The number of nitrogens with two attached hydrogens (primary N) is 1. The monoisotopic (exact) mass is 348 g/mol. The molecular formula is C18H25ClN4O. The van der Waals surface area contributed by atoms with Crippen molar-refractivity contribution in [1.82, 2.24) is 15.1 Å². The molecule has 0 aliphatic heterocycles. The summed E-state index contributed by atoms with van der Waals surface area (Å²) in [5.74, 6) is 0.601. The normalized spacial score (nSPS) is 19.7. The Hall–Kier alpha value is -1.85. The molecular weight excluding hydrogens is 324 g/mol. The lowest BCUT2D eigenvalue weighted by Crippen LogP contribution is -2.34. The van der Waals surface area contributed by atoms with Gasteiger partial charge in [-0.2, -0.15) is 5.10 Å². The van der Waals surface area contributed by atoms with Crippen molar-refractivity contribution in [3.05, 3.63) is 53.9 Å². The van der Waals surface area contributed by atoms with E-state index in [0.717, 1.165) is 31.4 Å². The van der Waals surface area contributed by atoms with Gasteiger partial charge in [0.25, 0.3) is 0 Å². The van der Waals surface area contributed by atoms with Crippen LogP contribution in [0.2, 0.25) is 0 Å². The third-order valence-electron chi connectivity index (χ3n) is 4.69. The summed E-state index contributed by atoms with van der Waals surface area (Å²) in [5.41, 5.74) is 8.07. The van der Waals surface area contributed by atoms with E-state index in [2.05, 4.69) is 34.7 Å². The van der Waals surface area contributed by atoms with E-state index >= 15 is 0 Å². The summed E-state index contributed by atoms with van der Waals surface area (Å²) in [6.07, 6.45) is 6.89. The van der Waals surface area contributed by atoms with Crippen molar-refractivity contribution in [2.75, 3.05) is 6.54 Å². The van der Waals surface area contributed by atoms with Gasteiger partial charge in [0.05, 0.1) is 6.54 Å². The molecule has 1 aliphatic carbocycles. The first-order chi connectivity index (χ1) is 11.3. The molecule has 1 heterocycles. The van der Waals surface area contributed by atoms with E-state index in [-0.39, 0.29) is 24.2 Å². The average molecular weight is 349 g/mol. The molecule has 1 amide bonds. The van der Waals surface area contributed by atoms with Crippen molar-refractivity contribution >= 4 is 18.3 Å². The third-order valence-corrected chi connectivity index (χ3v) is 4.69. The van der Waals surface area contributed by atoms with Crippen molar-refractivity contribution in [3.8, 4) is 0 Å². The summed E-state index contributed by atoms with van der Waals surface area (Å²) >= 11 is 0. The molecule has 6 heteroatoms. The summed E-state index contributed by atoms with van der Waals surface area (Å²) in [6.45, 7) is 1.95. The van der Waals surface area contributed by atoms with Gasteiger partial charge < -0.3 is 11.1 Å². The highest BCUT2D eigenvalue weighted by atomic mass is 35.5. The van der Waals surface area contributed by atoms with Crippen LogP contribution in [-0.4, -0.2) is 22.2 Å². The number of carbonyl (C=O) groups is 1. The van der Waals surface area contributed by atoms with E-state index in [0.29, 0.717) is 19.0 Å². The van der Waals surface area contributed by atoms with Gasteiger partial charge >= 0.3 is 0 Å². The van der Waals surface area contributed by atoms with Gasteiger partial charge in [-0.15, -0.1) is 12.4 Å². The van der Waals surface area contributed by atoms with Gasteiger partial charge in [-0.1, -0.05) is 30.7 Å². The molecule has 2 atom stereocenters. The number of hydrogen-bond donors (Lipinski definition) is 2. The lowest BCUT2D eigenvalue weighted by Gasteiger charge is -2.17. The number of nitrogens with zero attached hydrogens (tertiary/aromatic N) is 2. The Morgan fingerprint density at radius 2 is 2.00 bits per heavy atom. The Morgan fingerprint density at radius 3 is 2.67 bits per heavy atom. The van der Waals surface area contributed by atoms with Crippen molar-refractivity contribution in [1.29, 1.82) is 0 Å². The highest BCUT2D eigenvalue weighted by Crippen LogP contribution is 2.30. The zero-order chi connectivity index (χ0) is 16.1. The van der Waals surface area contributed by atoms with Crippen LogP contribution in [0.1, 0.15) is 30.4 Å². The molecule has 0 saturated heterocycles. The zero-order valence-corrected chi connectivity index (χ0v) is 14.5. The summed E-state index contributed by atoms with van der Waals surface area (Å²) < 4.78 is 1.89. The Bertz CT molecular complexity index is 627. The van der Waals surface area contributed by atoms with Crippen molar-refractivity contribution < 1.29 is 4.79 Å². The molecule has 3 N–H and O–H groups in total. The van der Waals surface area contributed by atoms with Crippen LogP contribution in [0.5, 0.6) is 0 Å². The minimum absolute atomic E-state index is 0.